The quantitative estimate of drug-likeness (QED) is 0.760. The highest BCUT2D eigenvalue weighted by Gasteiger charge is 2.32. The Kier molecular flexibility index (Phi) is 3.37. The second-order valence-electron chi connectivity index (χ2n) is 4.39. The van der Waals surface area contributed by atoms with Crippen LogP contribution in [0.3, 0.4) is 0 Å². The molecule has 14 heavy (non-hydrogen) atoms. The molecule has 1 aliphatic carbocycles. The zero-order valence-electron chi connectivity index (χ0n) is 9.12. The third-order valence-electron chi connectivity index (χ3n) is 3.65. The fourth-order valence-corrected chi connectivity index (χ4v) is 3.40. The van der Waals surface area contributed by atoms with Gasteiger partial charge in [0.15, 0.2) is 5.17 Å². The van der Waals surface area contributed by atoms with Gasteiger partial charge in [-0.15, -0.1) is 0 Å². The molecule has 2 aliphatic rings. The number of rotatable bonds is 2. The Labute approximate surface area is 90.9 Å². The lowest BCUT2D eigenvalue weighted by Gasteiger charge is -2.21. The summed E-state index contributed by atoms with van der Waals surface area (Å²) in [4.78, 5) is 4.45. The van der Waals surface area contributed by atoms with E-state index in [4.69, 9.17) is 0 Å². The Balaban J connectivity index is 1.87. The van der Waals surface area contributed by atoms with Gasteiger partial charge in [-0.1, -0.05) is 32.0 Å². The lowest BCUT2D eigenvalue weighted by Crippen LogP contribution is -2.35. The first-order chi connectivity index (χ1) is 6.81. The van der Waals surface area contributed by atoms with Crippen molar-refractivity contribution in [3.05, 3.63) is 0 Å². The van der Waals surface area contributed by atoms with Crippen molar-refractivity contribution in [3.8, 4) is 0 Å². The van der Waals surface area contributed by atoms with Crippen molar-refractivity contribution in [1.29, 1.82) is 0 Å². The highest BCUT2D eigenvalue weighted by molar-refractivity contribution is 8.14. The minimum Gasteiger partial charge on any atom is -0.362 e. The van der Waals surface area contributed by atoms with Crippen molar-refractivity contribution in [2.45, 2.75) is 39.2 Å². The van der Waals surface area contributed by atoms with Crippen LogP contribution >= 0.6 is 11.8 Å². The SMILES string of the molecule is CCC1CCC(NC2=NCCS2)C1C. The molecule has 0 bridgehead atoms. The minimum atomic E-state index is 0.685. The van der Waals surface area contributed by atoms with E-state index in [0.29, 0.717) is 6.04 Å². The summed E-state index contributed by atoms with van der Waals surface area (Å²) >= 11 is 1.88. The van der Waals surface area contributed by atoms with Gasteiger partial charge in [0.05, 0.1) is 6.54 Å². The molecule has 1 aliphatic heterocycles. The summed E-state index contributed by atoms with van der Waals surface area (Å²) in [6.45, 7) is 5.70. The Morgan fingerprint density at radius 1 is 1.50 bits per heavy atom. The van der Waals surface area contributed by atoms with E-state index in [1.54, 1.807) is 0 Å². The van der Waals surface area contributed by atoms with E-state index in [1.807, 2.05) is 11.8 Å². The van der Waals surface area contributed by atoms with Crippen LogP contribution in [-0.4, -0.2) is 23.5 Å². The lowest BCUT2D eigenvalue weighted by atomic mass is 9.94. The Morgan fingerprint density at radius 3 is 2.93 bits per heavy atom. The molecule has 0 aromatic rings. The molecule has 1 heterocycles. The van der Waals surface area contributed by atoms with E-state index < -0.39 is 0 Å². The van der Waals surface area contributed by atoms with E-state index in [2.05, 4.69) is 24.2 Å². The van der Waals surface area contributed by atoms with Crippen LogP contribution in [-0.2, 0) is 0 Å². The highest BCUT2D eigenvalue weighted by atomic mass is 32.2. The molecule has 0 radical (unpaired) electrons. The molecule has 3 heteroatoms. The predicted octanol–water partition coefficient (Wildman–Crippen LogP) is 2.50. The molecular weight excluding hydrogens is 192 g/mol. The number of thioether (sulfide) groups is 1. The van der Waals surface area contributed by atoms with Gasteiger partial charge < -0.3 is 5.32 Å². The molecule has 0 aromatic heterocycles. The van der Waals surface area contributed by atoms with Crippen molar-refractivity contribution in [2.75, 3.05) is 12.3 Å². The van der Waals surface area contributed by atoms with Crippen molar-refractivity contribution in [3.63, 3.8) is 0 Å². The molecule has 0 aromatic carbocycles. The average molecular weight is 212 g/mol. The van der Waals surface area contributed by atoms with Crippen molar-refractivity contribution in [1.82, 2.24) is 5.32 Å². The smallest absolute Gasteiger partial charge is 0.156 e. The molecule has 1 N–H and O–H groups in total. The second kappa shape index (κ2) is 4.56. The first-order valence-corrected chi connectivity index (χ1v) is 6.73. The van der Waals surface area contributed by atoms with Crippen LogP contribution in [0.25, 0.3) is 0 Å². The number of hydrogen-bond donors (Lipinski definition) is 1. The average Bonchev–Trinajstić information content (AvgIpc) is 2.79. The van der Waals surface area contributed by atoms with Crippen molar-refractivity contribution < 1.29 is 0 Å². The second-order valence-corrected chi connectivity index (χ2v) is 5.47. The van der Waals surface area contributed by atoms with Gasteiger partial charge in [-0.25, -0.2) is 0 Å². The number of aliphatic imine (C=N–C) groups is 1. The third-order valence-corrected chi connectivity index (χ3v) is 4.55. The largest absolute Gasteiger partial charge is 0.362 e. The zero-order chi connectivity index (χ0) is 9.97. The van der Waals surface area contributed by atoms with Gasteiger partial charge in [0.2, 0.25) is 0 Å². The summed E-state index contributed by atoms with van der Waals surface area (Å²) in [6.07, 6.45) is 4.06. The van der Waals surface area contributed by atoms with E-state index in [9.17, 15) is 0 Å². The summed E-state index contributed by atoms with van der Waals surface area (Å²) in [5.41, 5.74) is 0. The van der Waals surface area contributed by atoms with Crippen molar-refractivity contribution in [2.24, 2.45) is 16.8 Å². The monoisotopic (exact) mass is 212 g/mol. The molecule has 0 saturated heterocycles. The van der Waals surface area contributed by atoms with E-state index in [-0.39, 0.29) is 0 Å². The maximum absolute atomic E-state index is 4.45. The highest BCUT2D eigenvalue weighted by Crippen LogP contribution is 2.34. The van der Waals surface area contributed by atoms with Gasteiger partial charge in [0.1, 0.15) is 0 Å². The number of amidine groups is 1. The number of nitrogens with one attached hydrogen (secondary N) is 1. The Hall–Kier alpha value is -0.180. The fraction of sp³-hybridized carbons (Fsp3) is 0.909. The molecule has 3 unspecified atom stereocenters. The fourth-order valence-electron chi connectivity index (χ4n) is 2.61. The van der Waals surface area contributed by atoms with Gasteiger partial charge in [-0.3, -0.25) is 4.99 Å². The van der Waals surface area contributed by atoms with Crippen LogP contribution in [0, 0.1) is 11.8 Å². The van der Waals surface area contributed by atoms with Crippen LogP contribution in [0.2, 0.25) is 0 Å². The molecule has 3 atom stereocenters. The Morgan fingerprint density at radius 2 is 2.36 bits per heavy atom. The third kappa shape index (κ3) is 2.08. The molecule has 1 saturated carbocycles. The predicted molar refractivity (Wildman–Crippen MR) is 63.9 cm³/mol. The molecule has 1 fully saturated rings. The molecule has 80 valence electrons. The molecular formula is C11H20N2S. The Bertz CT molecular complexity index is 227. The molecule has 0 amide bonds. The van der Waals surface area contributed by atoms with Gasteiger partial charge in [-0.2, -0.15) is 0 Å². The molecule has 2 nitrogen and oxygen atoms in total. The topological polar surface area (TPSA) is 24.4 Å². The van der Waals surface area contributed by atoms with E-state index in [1.165, 1.54) is 30.2 Å². The van der Waals surface area contributed by atoms with Crippen LogP contribution in [0.1, 0.15) is 33.1 Å². The number of nitrogens with zero attached hydrogens (tertiary/aromatic N) is 1. The van der Waals surface area contributed by atoms with E-state index >= 15 is 0 Å². The molecule has 2 rings (SSSR count). The van der Waals surface area contributed by atoms with Gasteiger partial charge >= 0.3 is 0 Å². The maximum atomic E-state index is 4.45. The van der Waals surface area contributed by atoms with Gasteiger partial charge in [0, 0.05) is 11.8 Å². The zero-order valence-corrected chi connectivity index (χ0v) is 9.94. The van der Waals surface area contributed by atoms with E-state index in [0.717, 1.165) is 18.4 Å². The summed E-state index contributed by atoms with van der Waals surface area (Å²) in [7, 11) is 0. The summed E-state index contributed by atoms with van der Waals surface area (Å²) in [5, 5.41) is 4.80. The summed E-state index contributed by atoms with van der Waals surface area (Å²) in [5.74, 6) is 2.92. The lowest BCUT2D eigenvalue weighted by molar-refractivity contribution is 0.369. The molecule has 0 spiro atoms. The van der Waals surface area contributed by atoms with Crippen LogP contribution in [0.4, 0.5) is 0 Å². The minimum absolute atomic E-state index is 0.685. The normalized spacial score (nSPS) is 37.3. The van der Waals surface area contributed by atoms with Crippen LogP contribution < -0.4 is 5.32 Å². The first kappa shape index (κ1) is 10.3. The number of hydrogen-bond acceptors (Lipinski definition) is 3. The first-order valence-electron chi connectivity index (χ1n) is 5.75. The van der Waals surface area contributed by atoms with Gasteiger partial charge in [-0.05, 0) is 24.7 Å². The van der Waals surface area contributed by atoms with Gasteiger partial charge in [0.25, 0.3) is 0 Å². The standard InChI is InChI=1S/C11H20N2S/c1-3-9-4-5-10(8(9)2)13-11-12-6-7-14-11/h8-10H,3-7H2,1-2H3,(H,12,13). The van der Waals surface area contributed by atoms with Crippen molar-refractivity contribution >= 4 is 16.9 Å². The van der Waals surface area contributed by atoms with Crippen LogP contribution in [0.15, 0.2) is 4.99 Å². The summed E-state index contributed by atoms with van der Waals surface area (Å²) in [6, 6.07) is 0.685. The summed E-state index contributed by atoms with van der Waals surface area (Å²) < 4.78 is 0. The van der Waals surface area contributed by atoms with Crippen LogP contribution in [0.5, 0.6) is 0 Å². The maximum Gasteiger partial charge on any atom is 0.156 e.